The Hall–Kier alpha value is -2.92. The van der Waals surface area contributed by atoms with Gasteiger partial charge in [-0.05, 0) is 48.8 Å². The average Bonchev–Trinajstić information content (AvgIpc) is 3.08. The maximum Gasteiger partial charge on any atom is 0.303 e. The number of carbonyl (C=O) groups is 2. The predicted molar refractivity (Wildman–Crippen MR) is 137 cm³/mol. The first-order valence-corrected chi connectivity index (χ1v) is 12.6. The molecule has 1 spiro atoms. The molecule has 0 aromatic heterocycles. The van der Waals surface area contributed by atoms with Crippen LogP contribution in [0.25, 0.3) is 0 Å². The molecule has 8 atom stereocenters. The summed E-state index contributed by atoms with van der Waals surface area (Å²) in [6.45, 7) is 11.8. The summed E-state index contributed by atoms with van der Waals surface area (Å²) >= 11 is 0. The van der Waals surface area contributed by atoms with Gasteiger partial charge in [-0.1, -0.05) is 80.6 Å². The zero-order valence-electron chi connectivity index (χ0n) is 21.1. The number of nitrogens with one attached hydrogen (secondary N) is 1. The number of rotatable bonds is 3. The quantitative estimate of drug-likeness (QED) is 0.497. The van der Waals surface area contributed by atoms with Crippen LogP contribution < -0.4 is 5.32 Å². The van der Waals surface area contributed by atoms with Crippen LogP contribution in [0.1, 0.15) is 39.7 Å². The van der Waals surface area contributed by atoms with Crippen molar-refractivity contribution in [1.29, 1.82) is 0 Å². The molecule has 5 heteroatoms. The number of benzene rings is 1. The largest absolute Gasteiger partial charge is 0.457 e. The second kappa shape index (κ2) is 9.98. The first-order valence-electron chi connectivity index (χ1n) is 12.6. The molecule has 1 aliphatic heterocycles. The summed E-state index contributed by atoms with van der Waals surface area (Å²) in [6, 6.07) is 9.89. The van der Waals surface area contributed by atoms with Crippen LogP contribution >= 0.6 is 0 Å². The van der Waals surface area contributed by atoms with Gasteiger partial charge in [0.05, 0.1) is 6.10 Å². The number of hydrogen-bond donors (Lipinski definition) is 2. The Morgan fingerprint density at radius 2 is 1.94 bits per heavy atom. The van der Waals surface area contributed by atoms with Crippen LogP contribution in [0.3, 0.4) is 0 Å². The van der Waals surface area contributed by atoms with E-state index in [4.69, 9.17) is 4.74 Å². The number of hydrogen-bond acceptors (Lipinski definition) is 4. The molecular weight excluding hydrogens is 438 g/mol. The highest BCUT2D eigenvalue weighted by molar-refractivity contribution is 5.89. The summed E-state index contributed by atoms with van der Waals surface area (Å²) in [4.78, 5) is 26.5. The number of aliphatic hydroxyl groups excluding tert-OH is 1. The zero-order valence-corrected chi connectivity index (χ0v) is 21.1. The van der Waals surface area contributed by atoms with E-state index in [-0.39, 0.29) is 23.8 Å². The molecule has 1 aromatic carbocycles. The van der Waals surface area contributed by atoms with E-state index in [0.717, 1.165) is 23.1 Å². The highest BCUT2D eigenvalue weighted by Crippen LogP contribution is 2.58. The predicted octanol–water partition coefficient (Wildman–Crippen LogP) is 4.54. The molecule has 4 rings (SSSR count). The van der Waals surface area contributed by atoms with E-state index in [2.05, 4.69) is 43.1 Å². The molecule has 1 heterocycles. The van der Waals surface area contributed by atoms with Gasteiger partial charge in [-0.2, -0.15) is 0 Å². The maximum atomic E-state index is 14.1. The van der Waals surface area contributed by atoms with E-state index in [0.29, 0.717) is 12.3 Å². The summed E-state index contributed by atoms with van der Waals surface area (Å²) in [7, 11) is 0. The number of amides is 1. The Bertz CT molecular complexity index is 1070. The van der Waals surface area contributed by atoms with Gasteiger partial charge in [-0.15, -0.1) is 0 Å². The molecule has 1 aromatic rings. The Labute approximate surface area is 208 Å². The van der Waals surface area contributed by atoms with E-state index >= 15 is 0 Å². The molecule has 1 saturated heterocycles. The second-order valence-electron chi connectivity index (χ2n) is 10.5. The van der Waals surface area contributed by atoms with Crippen molar-refractivity contribution in [3.8, 4) is 0 Å². The number of ether oxygens (including phenoxy) is 1. The van der Waals surface area contributed by atoms with Crippen molar-refractivity contribution in [1.82, 2.24) is 5.32 Å². The van der Waals surface area contributed by atoms with Crippen molar-refractivity contribution in [2.45, 2.75) is 58.8 Å². The molecule has 0 radical (unpaired) electrons. The molecule has 0 unspecified atom stereocenters. The van der Waals surface area contributed by atoms with E-state index in [1.54, 1.807) is 0 Å². The van der Waals surface area contributed by atoms with Gasteiger partial charge in [0.25, 0.3) is 0 Å². The molecule has 186 valence electrons. The highest BCUT2D eigenvalue weighted by Gasteiger charge is 2.68. The van der Waals surface area contributed by atoms with E-state index in [9.17, 15) is 14.7 Å². The lowest BCUT2D eigenvalue weighted by atomic mass is 9.51. The lowest BCUT2D eigenvalue weighted by molar-refractivity contribution is -0.166. The SMILES string of the molecule is C=C1[C@@H](C)[C@H]2[C@H](Cc3ccccc3)NC(=O)[C@]23[C@H](OC(C)=O)C=CC(C)=C[C@@H](C)CC=C[C@H]3[C@@H]1O. The van der Waals surface area contributed by atoms with E-state index < -0.39 is 29.5 Å². The Balaban J connectivity index is 1.92. The summed E-state index contributed by atoms with van der Waals surface area (Å²) in [5.74, 6) is -1.30. The zero-order chi connectivity index (χ0) is 25.3. The normalized spacial score (nSPS) is 36.9. The third-order valence-corrected chi connectivity index (χ3v) is 8.08. The van der Waals surface area contributed by atoms with Gasteiger partial charge in [0.2, 0.25) is 5.91 Å². The minimum Gasteiger partial charge on any atom is -0.457 e. The van der Waals surface area contributed by atoms with Crippen molar-refractivity contribution in [2.75, 3.05) is 0 Å². The fraction of sp³-hybridized carbons (Fsp3) is 0.467. The van der Waals surface area contributed by atoms with Crippen molar-refractivity contribution >= 4 is 11.9 Å². The molecule has 5 nitrogen and oxygen atoms in total. The van der Waals surface area contributed by atoms with Crippen LogP contribution in [0.15, 0.2) is 78.4 Å². The van der Waals surface area contributed by atoms with Crippen LogP contribution in [0, 0.1) is 29.1 Å². The third kappa shape index (κ3) is 4.54. The van der Waals surface area contributed by atoms with Crippen LogP contribution in [-0.2, 0) is 20.7 Å². The molecule has 0 bridgehead atoms. The molecule has 2 aliphatic carbocycles. The van der Waals surface area contributed by atoms with Crippen molar-refractivity contribution in [3.63, 3.8) is 0 Å². The first kappa shape index (κ1) is 25.2. The molecule has 2 fully saturated rings. The van der Waals surface area contributed by atoms with Gasteiger partial charge < -0.3 is 15.2 Å². The highest BCUT2D eigenvalue weighted by atomic mass is 16.5. The number of allylic oxidation sites excluding steroid dienone is 4. The number of esters is 1. The van der Waals surface area contributed by atoms with Gasteiger partial charge in [0.1, 0.15) is 11.5 Å². The Morgan fingerprint density at radius 3 is 2.63 bits per heavy atom. The second-order valence-corrected chi connectivity index (χ2v) is 10.5. The lowest BCUT2D eigenvalue weighted by Gasteiger charge is -2.52. The van der Waals surface area contributed by atoms with Crippen LogP contribution in [0.5, 0.6) is 0 Å². The Morgan fingerprint density at radius 1 is 1.23 bits per heavy atom. The van der Waals surface area contributed by atoms with Crippen molar-refractivity contribution < 1.29 is 19.4 Å². The molecule has 1 saturated carbocycles. The minimum absolute atomic E-state index is 0.158. The van der Waals surface area contributed by atoms with Gasteiger partial charge in [-0.25, -0.2) is 0 Å². The monoisotopic (exact) mass is 475 g/mol. The average molecular weight is 476 g/mol. The summed E-state index contributed by atoms with van der Waals surface area (Å²) in [6.07, 6.45) is 9.65. The van der Waals surface area contributed by atoms with E-state index in [1.807, 2.05) is 50.3 Å². The molecule has 2 N–H and O–H groups in total. The van der Waals surface area contributed by atoms with Crippen molar-refractivity contribution in [3.05, 3.63) is 84.0 Å². The van der Waals surface area contributed by atoms with Crippen LogP contribution in [0.4, 0.5) is 0 Å². The third-order valence-electron chi connectivity index (χ3n) is 8.08. The van der Waals surface area contributed by atoms with Gasteiger partial charge in [-0.3, -0.25) is 9.59 Å². The Kier molecular flexibility index (Phi) is 7.18. The standard InChI is InChI=1S/C30H37NO4/c1-18-10-9-13-24-28(33)21(4)20(3)27-25(17-23-11-7-6-8-12-23)31-29(34)30(24,27)26(35-22(5)32)15-14-19(2)16-18/h6-9,11-16,18,20,24-28,33H,4,10,17H2,1-3,5H3,(H,31,34)/t18-,20+,24-,25-,26+,27-,28+,30+/m0/s1. The van der Waals surface area contributed by atoms with Crippen LogP contribution in [0.2, 0.25) is 0 Å². The summed E-state index contributed by atoms with van der Waals surface area (Å²) < 4.78 is 5.93. The van der Waals surface area contributed by atoms with Crippen LogP contribution in [-0.4, -0.2) is 35.2 Å². The fourth-order valence-electron chi connectivity index (χ4n) is 6.54. The molecule has 3 aliphatic rings. The summed E-state index contributed by atoms with van der Waals surface area (Å²) in [5.41, 5.74) is 1.72. The molecular formula is C30H37NO4. The number of aliphatic hydroxyl groups is 1. The molecule has 1 amide bonds. The van der Waals surface area contributed by atoms with Gasteiger partial charge in [0, 0.05) is 24.8 Å². The van der Waals surface area contributed by atoms with E-state index in [1.165, 1.54) is 6.92 Å². The fourth-order valence-corrected chi connectivity index (χ4v) is 6.54. The topological polar surface area (TPSA) is 75.6 Å². The lowest BCUT2D eigenvalue weighted by Crippen LogP contribution is -2.60. The van der Waals surface area contributed by atoms with Gasteiger partial charge >= 0.3 is 5.97 Å². The van der Waals surface area contributed by atoms with Crippen molar-refractivity contribution in [2.24, 2.45) is 29.1 Å². The first-order chi connectivity index (χ1) is 16.7. The maximum absolute atomic E-state index is 14.1. The number of carbonyl (C=O) groups excluding carboxylic acids is 2. The molecule has 35 heavy (non-hydrogen) atoms. The smallest absolute Gasteiger partial charge is 0.303 e. The minimum atomic E-state index is -1.16. The van der Waals surface area contributed by atoms with Gasteiger partial charge in [0.15, 0.2) is 0 Å². The summed E-state index contributed by atoms with van der Waals surface area (Å²) in [5, 5.41) is 14.8.